The minimum atomic E-state index is 0.521. The van der Waals surface area contributed by atoms with Crippen molar-refractivity contribution in [2.45, 2.75) is 59.8 Å². The van der Waals surface area contributed by atoms with Crippen molar-refractivity contribution in [2.75, 3.05) is 0 Å². The molecular formula is C25H33N. The van der Waals surface area contributed by atoms with Gasteiger partial charge in [0.2, 0.25) is 0 Å². The van der Waals surface area contributed by atoms with Crippen molar-refractivity contribution in [3.8, 4) is 11.1 Å². The molecule has 26 heavy (non-hydrogen) atoms. The summed E-state index contributed by atoms with van der Waals surface area (Å²) < 4.78 is 2.34. The number of rotatable bonds is 8. The largest absolute Gasteiger partial charge is 0.320 e. The average molecular weight is 348 g/mol. The molecule has 1 atom stereocenters. The molecule has 138 valence electrons. The molecule has 1 unspecified atom stereocenters. The van der Waals surface area contributed by atoms with Crippen molar-refractivity contribution in [2.24, 2.45) is 0 Å². The van der Waals surface area contributed by atoms with Crippen LogP contribution in [0.3, 0.4) is 0 Å². The predicted octanol–water partition coefficient (Wildman–Crippen LogP) is 8.01. The average Bonchev–Trinajstić information content (AvgIpc) is 2.99. The molecule has 0 saturated heterocycles. The van der Waals surface area contributed by atoms with Gasteiger partial charge in [-0.05, 0) is 55.9 Å². The highest BCUT2D eigenvalue weighted by Gasteiger charge is 2.19. The van der Waals surface area contributed by atoms with Crippen LogP contribution in [0, 0.1) is 0 Å². The molecule has 1 aromatic heterocycles. The van der Waals surface area contributed by atoms with Gasteiger partial charge in [0.05, 0.1) is 5.69 Å². The van der Waals surface area contributed by atoms with Crippen molar-refractivity contribution >= 4 is 17.3 Å². The molecule has 0 aliphatic carbocycles. The van der Waals surface area contributed by atoms with Crippen molar-refractivity contribution in [3.05, 3.63) is 66.5 Å². The Balaban J connectivity index is 2.60. The fraction of sp³-hybridized carbons (Fsp3) is 0.360. The third-order valence-corrected chi connectivity index (χ3v) is 4.95. The van der Waals surface area contributed by atoms with E-state index < -0.39 is 0 Å². The SMILES string of the molecule is C=C(C)c1ccc(-c2cc(C(C)CCCC)n(/C=C\C)c2C(=C)C)cc1. The van der Waals surface area contributed by atoms with Gasteiger partial charge in [0.15, 0.2) is 0 Å². The van der Waals surface area contributed by atoms with Gasteiger partial charge in [0, 0.05) is 17.5 Å². The van der Waals surface area contributed by atoms with Crippen molar-refractivity contribution in [1.82, 2.24) is 4.57 Å². The lowest BCUT2D eigenvalue weighted by molar-refractivity contribution is 0.605. The van der Waals surface area contributed by atoms with Crippen LogP contribution in [0.2, 0.25) is 0 Å². The first-order chi connectivity index (χ1) is 12.4. The molecule has 1 heterocycles. The van der Waals surface area contributed by atoms with Crippen LogP contribution in [0.15, 0.2) is 49.6 Å². The number of unbranched alkanes of at least 4 members (excludes halogenated alkanes) is 1. The van der Waals surface area contributed by atoms with E-state index in [0.717, 1.165) is 11.1 Å². The Kier molecular flexibility index (Phi) is 6.85. The lowest BCUT2D eigenvalue weighted by Gasteiger charge is -2.15. The van der Waals surface area contributed by atoms with Crippen molar-refractivity contribution in [3.63, 3.8) is 0 Å². The van der Waals surface area contributed by atoms with Crippen LogP contribution in [0.5, 0.6) is 0 Å². The number of allylic oxidation sites excluding steroid dienone is 3. The second-order valence-corrected chi connectivity index (χ2v) is 7.37. The fourth-order valence-electron chi connectivity index (χ4n) is 3.48. The topological polar surface area (TPSA) is 4.93 Å². The highest BCUT2D eigenvalue weighted by Crippen LogP contribution is 2.36. The van der Waals surface area contributed by atoms with Gasteiger partial charge in [0.1, 0.15) is 0 Å². The van der Waals surface area contributed by atoms with Gasteiger partial charge in [-0.1, -0.05) is 75.8 Å². The van der Waals surface area contributed by atoms with E-state index in [1.54, 1.807) is 0 Å². The van der Waals surface area contributed by atoms with Crippen molar-refractivity contribution < 1.29 is 0 Å². The number of aromatic nitrogens is 1. The fourth-order valence-corrected chi connectivity index (χ4v) is 3.48. The van der Waals surface area contributed by atoms with Crippen LogP contribution in [0.4, 0.5) is 0 Å². The number of nitrogens with zero attached hydrogens (tertiary/aromatic N) is 1. The van der Waals surface area contributed by atoms with Crippen LogP contribution >= 0.6 is 0 Å². The molecule has 0 amide bonds. The van der Waals surface area contributed by atoms with E-state index in [0.29, 0.717) is 5.92 Å². The van der Waals surface area contributed by atoms with E-state index in [4.69, 9.17) is 0 Å². The molecule has 0 radical (unpaired) electrons. The Hall–Kier alpha value is -2.28. The molecule has 1 heteroatoms. The van der Waals surface area contributed by atoms with Crippen LogP contribution in [0.1, 0.15) is 76.8 Å². The van der Waals surface area contributed by atoms with Gasteiger partial charge in [-0.15, -0.1) is 0 Å². The Morgan fingerprint density at radius 1 is 1.12 bits per heavy atom. The third-order valence-electron chi connectivity index (χ3n) is 4.95. The number of hydrogen-bond acceptors (Lipinski definition) is 0. The summed E-state index contributed by atoms with van der Waals surface area (Å²) in [5.41, 5.74) is 8.46. The van der Waals surface area contributed by atoms with Crippen LogP contribution in [-0.2, 0) is 0 Å². The first-order valence-corrected chi connectivity index (χ1v) is 9.70. The molecule has 0 aliphatic rings. The Bertz CT molecular complexity index is 799. The van der Waals surface area contributed by atoms with Gasteiger partial charge in [-0.3, -0.25) is 0 Å². The highest BCUT2D eigenvalue weighted by molar-refractivity contribution is 5.81. The third kappa shape index (κ3) is 4.27. The zero-order valence-electron chi connectivity index (χ0n) is 17.1. The summed E-state index contributed by atoms with van der Waals surface area (Å²) in [5, 5.41) is 0. The minimum absolute atomic E-state index is 0.521. The van der Waals surface area contributed by atoms with E-state index in [9.17, 15) is 0 Å². The molecule has 2 rings (SSSR count). The number of hydrogen-bond donors (Lipinski definition) is 0. The molecule has 0 bridgehead atoms. The van der Waals surface area contributed by atoms with Crippen LogP contribution < -0.4 is 0 Å². The lowest BCUT2D eigenvalue weighted by Crippen LogP contribution is -2.03. The minimum Gasteiger partial charge on any atom is -0.320 e. The first kappa shape index (κ1) is 20.0. The Labute approximate surface area is 159 Å². The standard InChI is InChI=1S/C25H33N/c1-8-10-11-20(7)24-17-23(25(19(5)6)26(24)16-9-2)22-14-12-21(13-15-22)18(3)4/h9,12-17,20H,3,5,8,10-11H2,1-2,4,6-7H3/b16-9-. The summed E-state index contributed by atoms with van der Waals surface area (Å²) in [6.07, 6.45) is 7.98. The quantitative estimate of drug-likeness (QED) is 0.456. The maximum absolute atomic E-state index is 4.27. The molecule has 1 nitrogen and oxygen atoms in total. The van der Waals surface area contributed by atoms with E-state index in [1.807, 2.05) is 6.92 Å². The molecule has 0 spiro atoms. The van der Waals surface area contributed by atoms with E-state index in [-0.39, 0.29) is 0 Å². The molecule has 0 aliphatic heterocycles. The summed E-state index contributed by atoms with van der Waals surface area (Å²) in [5.74, 6) is 0.521. The van der Waals surface area contributed by atoms with Gasteiger partial charge >= 0.3 is 0 Å². The maximum Gasteiger partial charge on any atom is 0.0554 e. The van der Waals surface area contributed by atoms with Crippen molar-refractivity contribution in [1.29, 1.82) is 0 Å². The summed E-state index contributed by atoms with van der Waals surface area (Å²) in [6.45, 7) is 19.1. The Morgan fingerprint density at radius 3 is 2.27 bits per heavy atom. The Morgan fingerprint density at radius 2 is 1.77 bits per heavy atom. The van der Waals surface area contributed by atoms with E-state index in [1.165, 1.54) is 47.3 Å². The van der Waals surface area contributed by atoms with Crippen LogP contribution in [-0.4, -0.2) is 4.57 Å². The predicted molar refractivity (Wildman–Crippen MR) is 118 cm³/mol. The van der Waals surface area contributed by atoms with E-state index >= 15 is 0 Å². The van der Waals surface area contributed by atoms with Gasteiger partial charge < -0.3 is 4.57 Å². The van der Waals surface area contributed by atoms with Crippen LogP contribution in [0.25, 0.3) is 28.5 Å². The van der Waals surface area contributed by atoms with Gasteiger partial charge in [-0.2, -0.15) is 0 Å². The molecule has 0 saturated carbocycles. The molecule has 0 fully saturated rings. The molecule has 0 N–H and O–H groups in total. The second-order valence-electron chi connectivity index (χ2n) is 7.37. The zero-order valence-corrected chi connectivity index (χ0v) is 17.1. The number of benzene rings is 1. The second kappa shape index (κ2) is 8.89. The zero-order chi connectivity index (χ0) is 19.3. The normalized spacial score (nSPS) is 12.5. The summed E-state index contributed by atoms with van der Waals surface area (Å²) in [4.78, 5) is 0. The smallest absolute Gasteiger partial charge is 0.0554 e. The molecule has 1 aromatic carbocycles. The summed E-state index contributed by atoms with van der Waals surface area (Å²) >= 11 is 0. The first-order valence-electron chi connectivity index (χ1n) is 9.70. The van der Waals surface area contributed by atoms with Gasteiger partial charge in [0.25, 0.3) is 0 Å². The van der Waals surface area contributed by atoms with Gasteiger partial charge in [-0.25, -0.2) is 0 Å². The van der Waals surface area contributed by atoms with E-state index in [2.05, 4.69) is 88.0 Å². The molecule has 2 aromatic rings. The maximum atomic E-state index is 4.27. The highest BCUT2D eigenvalue weighted by atomic mass is 15.0. The molecular weight excluding hydrogens is 314 g/mol. The summed E-state index contributed by atoms with van der Waals surface area (Å²) in [7, 11) is 0. The summed E-state index contributed by atoms with van der Waals surface area (Å²) in [6, 6.07) is 11.1. The lowest BCUT2D eigenvalue weighted by atomic mass is 9.97. The monoisotopic (exact) mass is 347 g/mol.